The van der Waals surface area contributed by atoms with E-state index in [1.165, 1.54) is 26.2 Å². The van der Waals surface area contributed by atoms with Gasteiger partial charge in [-0.2, -0.15) is 0 Å². The number of rotatable bonds is 2. The summed E-state index contributed by atoms with van der Waals surface area (Å²) in [5.74, 6) is -1.51. The van der Waals surface area contributed by atoms with Gasteiger partial charge in [0.15, 0.2) is 5.78 Å². The Morgan fingerprint density at radius 1 is 1.27 bits per heavy atom. The van der Waals surface area contributed by atoms with Crippen LogP contribution in [0.2, 0.25) is 0 Å². The molecule has 4 aliphatic carbocycles. The number of ketones is 1. The number of allylic oxidation sites excluding steroid dienone is 2. The first-order chi connectivity index (χ1) is 14.1. The van der Waals surface area contributed by atoms with Crippen LogP contribution in [0.3, 0.4) is 0 Å². The van der Waals surface area contributed by atoms with E-state index in [0.717, 1.165) is 0 Å². The smallest absolute Gasteiger partial charge is 0.350 e. The van der Waals surface area contributed by atoms with Gasteiger partial charge in [-0.15, -0.1) is 0 Å². The number of alkyl halides is 1. The molecule has 0 amide bonds. The maximum absolute atomic E-state index is 15.4. The van der Waals surface area contributed by atoms with E-state index in [1.54, 1.807) is 6.08 Å². The molecule has 6 nitrogen and oxygen atoms in total. The number of carbonyl (C=O) groups excluding carboxylic acids is 3. The highest BCUT2D eigenvalue weighted by Gasteiger charge is 2.83. The second-order valence-corrected chi connectivity index (χ2v) is 9.93. The van der Waals surface area contributed by atoms with E-state index >= 15 is 4.39 Å². The number of fused-ring (bicyclic) bond motifs is 3. The molecule has 5 aliphatic rings. The van der Waals surface area contributed by atoms with Gasteiger partial charge >= 0.3 is 11.9 Å². The lowest BCUT2D eigenvalue weighted by Crippen LogP contribution is -2.63. The van der Waals surface area contributed by atoms with Crippen LogP contribution in [0.1, 0.15) is 46.5 Å². The van der Waals surface area contributed by atoms with Gasteiger partial charge in [-0.1, -0.05) is 13.0 Å². The Bertz CT molecular complexity index is 925. The van der Waals surface area contributed by atoms with E-state index in [2.05, 4.69) is 0 Å². The van der Waals surface area contributed by atoms with E-state index in [9.17, 15) is 14.4 Å². The molecule has 3 saturated carbocycles. The first-order valence-electron chi connectivity index (χ1n) is 10.6. The van der Waals surface area contributed by atoms with Crippen LogP contribution in [0.25, 0.3) is 0 Å². The van der Waals surface area contributed by atoms with Crippen LogP contribution in [0.4, 0.5) is 4.39 Å². The summed E-state index contributed by atoms with van der Waals surface area (Å²) in [7, 11) is 1.30. The van der Waals surface area contributed by atoms with Crippen LogP contribution < -0.4 is 0 Å². The van der Waals surface area contributed by atoms with Crippen LogP contribution >= 0.6 is 0 Å². The van der Waals surface area contributed by atoms with Crippen LogP contribution in [0.15, 0.2) is 23.8 Å². The van der Waals surface area contributed by atoms with E-state index in [0.29, 0.717) is 24.8 Å². The number of hydrogen-bond donors (Lipinski definition) is 0. The van der Waals surface area contributed by atoms with Gasteiger partial charge in [-0.05, 0) is 62.2 Å². The minimum Gasteiger partial charge on any atom is -0.466 e. The highest BCUT2D eigenvalue weighted by atomic mass is 19.1. The zero-order valence-corrected chi connectivity index (χ0v) is 17.7. The monoisotopic (exact) mass is 418 g/mol. The van der Waals surface area contributed by atoms with Gasteiger partial charge in [0.1, 0.15) is 11.8 Å². The lowest BCUT2D eigenvalue weighted by molar-refractivity contribution is -0.199. The Kier molecular flexibility index (Phi) is 3.86. The predicted molar refractivity (Wildman–Crippen MR) is 103 cm³/mol. The SMILES string of the molecule is COC(=O)[C@@]1(OC(C)=O)CC[C@H]2[C@@H]3CC(F)C4=CC(=O)C=C[C@]4(C)[C@@]34O[C@H]4C[C@@]21C. The molecule has 30 heavy (non-hydrogen) atoms. The highest BCUT2D eigenvalue weighted by molar-refractivity contribution is 6.01. The first kappa shape index (κ1) is 19.9. The normalized spacial score (nSPS) is 50.4. The second kappa shape index (κ2) is 5.81. The maximum Gasteiger partial charge on any atom is 0.350 e. The van der Waals surface area contributed by atoms with Gasteiger partial charge in [-0.25, -0.2) is 9.18 Å². The Morgan fingerprint density at radius 3 is 2.67 bits per heavy atom. The molecular formula is C23H27FO6. The van der Waals surface area contributed by atoms with Gasteiger partial charge in [0.25, 0.3) is 0 Å². The molecule has 7 heteroatoms. The van der Waals surface area contributed by atoms with Gasteiger partial charge < -0.3 is 14.2 Å². The molecule has 0 N–H and O–H groups in total. The number of methoxy groups -OCH3 is 1. The molecule has 0 radical (unpaired) electrons. The average molecular weight is 418 g/mol. The lowest BCUT2D eigenvalue weighted by Gasteiger charge is -2.56. The summed E-state index contributed by atoms with van der Waals surface area (Å²) in [5, 5.41) is 0. The third-order valence-corrected chi connectivity index (χ3v) is 8.87. The molecular weight excluding hydrogens is 391 g/mol. The third kappa shape index (κ3) is 2.05. The molecule has 1 unspecified atom stereocenters. The van der Waals surface area contributed by atoms with E-state index in [-0.39, 0.29) is 30.1 Å². The third-order valence-electron chi connectivity index (χ3n) is 8.87. The average Bonchev–Trinajstić information content (AvgIpc) is 3.34. The molecule has 0 bridgehead atoms. The maximum atomic E-state index is 15.4. The Morgan fingerprint density at radius 2 is 2.00 bits per heavy atom. The van der Waals surface area contributed by atoms with Crippen LogP contribution in [0.5, 0.6) is 0 Å². The van der Waals surface area contributed by atoms with E-state index in [1.807, 2.05) is 13.8 Å². The van der Waals surface area contributed by atoms with Crippen LogP contribution in [0, 0.1) is 22.7 Å². The number of epoxide rings is 1. The van der Waals surface area contributed by atoms with Gasteiger partial charge in [0, 0.05) is 17.8 Å². The van der Waals surface area contributed by atoms with Gasteiger partial charge in [0.05, 0.1) is 13.2 Å². The van der Waals surface area contributed by atoms with Crippen molar-refractivity contribution in [1.82, 2.24) is 0 Å². The highest BCUT2D eigenvalue weighted by Crippen LogP contribution is 2.76. The van der Waals surface area contributed by atoms with Crippen molar-refractivity contribution in [3.8, 4) is 0 Å². The fourth-order valence-electron chi connectivity index (χ4n) is 7.58. The molecule has 1 heterocycles. The summed E-state index contributed by atoms with van der Waals surface area (Å²) in [4.78, 5) is 36.8. The lowest BCUT2D eigenvalue weighted by atomic mass is 9.46. The van der Waals surface area contributed by atoms with Crippen molar-refractivity contribution in [2.45, 2.75) is 69.9 Å². The van der Waals surface area contributed by atoms with Crippen molar-refractivity contribution in [2.75, 3.05) is 7.11 Å². The summed E-state index contributed by atoms with van der Waals surface area (Å²) >= 11 is 0. The number of ether oxygens (including phenoxy) is 3. The molecule has 0 aromatic rings. The largest absolute Gasteiger partial charge is 0.466 e. The standard InChI is InChI=1S/C23H27FO6/c1-12(25)29-22(19(27)28-4)8-6-14-15-10-17(24)16-9-13(26)5-7-20(16,2)23(15)18(30-23)11-21(14,22)3/h5,7,9,14-15,17-18H,6,8,10-11H2,1-4H3/t14-,15-,17?,18-,20-,21-,22-,23+/m0/s1. The molecule has 1 aliphatic heterocycles. The summed E-state index contributed by atoms with van der Waals surface area (Å²) < 4.78 is 32.6. The number of esters is 2. The number of carbonyl (C=O) groups is 3. The van der Waals surface area contributed by atoms with E-state index in [4.69, 9.17) is 14.2 Å². The molecule has 4 fully saturated rings. The summed E-state index contributed by atoms with van der Waals surface area (Å²) in [6, 6.07) is 0. The summed E-state index contributed by atoms with van der Waals surface area (Å²) in [6.07, 6.45) is 4.99. The molecule has 1 saturated heterocycles. The van der Waals surface area contributed by atoms with Crippen molar-refractivity contribution in [3.63, 3.8) is 0 Å². The van der Waals surface area contributed by atoms with Crippen molar-refractivity contribution in [3.05, 3.63) is 23.8 Å². The molecule has 8 atom stereocenters. The minimum absolute atomic E-state index is 0.0719. The number of hydrogen-bond acceptors (Lipinski definition) is 6. The van der Waals surface area contributed by atoms with Crippen molar-refractivity contribution < 1.29 is 33.0 Å². The Balaban J connectivity index is 1.61. The molecule has 1 spiro atoms. The van der Waals surface area contributed by atoms with Crippen molar-refractivity contribution in [2.24, 2.45) is 22.7 Å². The first-order valence-corrected chi connectivity index (χ1v) is 10.6. The molecule has 0 aromatic carbocycles. The number of halogens is 1. The zero-order valence-electron chi connectivity index (χ0n) is 17.7. The predicted octanol–water partition coefficient (Wildman–Crippen LogP) is 2.85. The van der Waals surface area contributed by atoms with Gasteiger partial charge in [-0.3, -0.25) is 9.59 Å². The summed E-state index contributed by atoms with van der Waals surface area (Å²) in [6.45, 7) is 5.21. The quantitative estimate of drug-likeness (QED) is 0.507. The van der Waals surface area contributed by atoms with Crippen LogP contribution in [-0.4, -0.2) is 48.3 Å². The Labute approximate surface area is 174 Å². The zero-order chi connectivity index (χ0) is 21.7. The van der Waals surface area contributed by atoms with Crippen molar-refractivity contribution >= 4 is 17.7 Å². The fraction of sp³-hybridized carbons (Fsp3) is 0.696. The second-order valence-electron chi connectivity index (χ2n) is 9.93. The Hall–Kier alpha value is -2.02. The molecule has 162 valence electrons. The molecule has 0 aromatic heterocycles. The molecule has 5 rings (SSSR count). The summed E-state index contributed by atoms with van der Waals surface area (Å²) in [5.41, 5.74) is -2.91. The minimum atomic E-state index is -1.39. The van der Waals surface area contributed by atoms with E-state index < -0.39 is 40.1 Å². The fourth-order valence-corrected chi connectivity index (χ4v) is 7.58. The van der Waals surface area contributed by atoms with Gasteiger partial charge in [0.2, 0.25) is 5.60 Å². The topological polar surface area (TPSA) is 82.2 Å². The van der Waals surface area contributed by atoms with Crippen molar-refractivity contribution in [1.29, 1.82) is 0 Å². The van der Waals surface area contributed by atoms with Crippen LogP contribution in [-0.2, 0) is 28.6 Å².